The zero-order valence-electron chi connectivity index (χ0n) is 86.1. The monoisotopic (exact) mass is 1580 g/mol. The quantitative estimate of drug-likeness (QED) is 0.213. The third kappa shape index (κ3) is 32.1. The van der Waals surface area contributed by atoms with Crippen LogP contribution in [0.25, 0.3) is 0 Å². The van der Waals surface area contributed by atoms with Crippen LogP contribution in [0.2, 0.25) is 0 Å². The lowest BCUT2D eigenvalue weighted by Gasteiger charge is -2.46. The van der Waals surface area contributed by atoms with Gasteiger partial charge in [0.05, 0.1) is 6.61 Å². The maximum Gasteiger partial charge on any atom is 0.0503 e. The van der Waals surface area contributed by atoms with Crippen molar-refractivity contribution in [1.82, 2.24) is 39.2 Å². The molecule has 9 unspecified atom stereocenters. The Kier molecular flexibility index (Phi) is 41.9. The summed E-state index contributed by atoms with van der Waals surface area (Å²) in [7, 11) is 1.81. The van der Waals surface area contributed by atoms with Crippen LogP contribution >= 0.6 is 0 Å². The Bertz CT molecular complexity index is 2440. The molecule has 9 fully saturated rings. The van der Waals surface area contributed by atoms with Gasteiger partial charge in [-0.05, 0) is 330 Å². The number of hydrogen-bond donors (Lipinski definition) is 0. The Morgan fingerprint density at radius 1 is 0.348 bits per heavy atom. The van der Waals surface area contributed by atoms with Crippen molar-refractivity contribution in [3.05, 3.63) is 0 Å². The van der Waals surface area contributed by atoms with Gasteiger partial charge in [-0.15, -0.1) is 0 Å². The molecule has 8 aliphatic heterocycles. The van der Waals surface area contributed by atoms with Crippen molar-refractivity contribution in [3.63, 3.8) is 0 Å². The number of hydrogen-bond acceptors (Lipinski definition) is 9. The fraction of sp³-hybridized carbons (Fsp3) is 1.00. The summed E-state index contributed by atoms with van der Waals surface area (Å²) in [4.78, 5) is 21.7. The third-order valence-electron chi connectivity index (χ3n) is 28.8. The molecule has 0 aromatic rings. The second-order valence-electron chi connectivity index (χ2n) is 50.9. The molecule has 0 radical (unpaired) electrons. The normalized spacial score (nSPS) is 31.6. The Morgan fingerprint density at radius 3 is 1.07 bits per heavy atom. The van der Waals surface area contributed by atoms with E-state index in [2.05, 4.69) is 372 Å². The summed E-state index contributed by atoms with van der Waals surface area (Å²) in [6, 6.07) is 11.6. The molecule has 0 spiro atoms. The molecule has 0 amide bonds. The van der Waals surface area contributed by atoms with Crippen molar-refractivity contribution < 1.29 is 4.74 Å². The topological polar surface area (TPSA) is 35.2 Å². The standard InChI is InChI=1S/C14H29NO.2C14H29N.C13H25N.2C13H27N.C12H25N.C10H21N/c1-13(2,3)12-8-11(10-16-7)9-15(12)14(4,5)6;1-8-11-9-12(13(2,3)4)15(10-11)14(5,6)7;1-8-11-9-10-12(13(2,3)4)15(11)14(5,6)7;1-9(2)13-8-11-6-5-7-12(11)14(13)10(3)4;1-10-8-11(12(2,3)4)14(9-10)13(5,6)7;1-10-8-9-11(12(2,3)4)14(10)13(5,6)7;1-8(2)12-7-10(5)11(6)13(12)9(3)4;1-8(2)10-6-5-7-11(10)9(3)4/h11-12H,8-10H2,1-7H3;2*11-12H,8-10H2,1-7H3;9-13H,5-8H2,1-4H3;2*10-11H,8-9H2,1-7H3;8-12H,7H2,1-6H3;8-10H,5-7H2,1-4H3/t3*11?,12-;11?,12?,13-;2*10?,11-;10?,11?,12-;10-/m00000000/s1. The van der Waals surface area contributed by atoms with Gasteiger partial charge in [-0.25, -0.2) is 0 Å². The highest BCUT2D eigenvalue weighted by atomic mass is 16.5. The molecule has 9 aliphatic rings. The van der Waals surface area contributed by atoms with Crippen molar-refractivity contribution in [1.29, 1.82) is 0 Å². The summed E-state index contributed by atoms with van der Waals surface area (Å²) in [5.41, 5.74) is 3.55. The van der Waals surface area contributed by atoms with Crippen molar-refractivity contribution in [3.8, 4) is 0 Å². The van der Waals surface area contributed by atoms with Gasteiger partial charge in [0, 0.05) is 145 Å². The van der Waals surface area contributed by atoms with Gasteiger partial charge in [0.25, 0.3) is 0 Å². The first-order valence-electron chi connectivity index (χ1n) is 48.1. The van der Waals surface area contributed by atoms with E-state index in [0.29, 0.717) is 67.2 Å². The fourth-order valence-electron chi connectivity index (χ4n) is 23.0. The van der Waals surface area contributed by atoms with Gasteiger partial charge in [-0.1, -0.05) is 186 Å². The van der Waals surface area contributed by atoms with Crippen LogP contribution in [0.3, 0.4) is 0 Å². The summed E-state index contributed by atoms with van der Waals surface area (Å²) >= 11 is 0. The zero-order chi connectivity index (χ0) is 87.5. The van der Waals surface area contributed by atoms with E-state index in [9.17, 15) is 0 Å². The molecule has 8 saturated heterocycles. The minimum Gasteiger partial charge on any atom is -0.384 e. The molecule has 1 saturated carbocycles. The lowest BCUT2D eigenvalue weighted by Crippen LogP contribution is -2.52. The number of ether oxygens (including phenoxy) is 1. The predicted molar refractivity (Wildman–Crippen MR) is 503 cm³/mol. The Morgan fingerprint density at radius 2 is 0.741 bits per heavy atom. The van der Waals surface area contributed by atoms with E-state index in [1.165, 1.54) is 129 Å². The first-order chi connectivity index (χ1) is 50.4. The summed E-state index contributed by atoms with van der Waals surface area (Å²) < 4.78 is 5.32. The van der Waals surface area contributed by atoms with Crippen LogP contribution in [-0.4, -0.2) is 197 Å². The van der Waals surface area contributed by atoms with Gasteiger partial charge in [-0.3, -0.25) is 39.2 Å². The number of methoxy groups -OCH3 is 1. The molecule has 0 bridgehead atoms. The van der Waals surface area contributed by atoms with Gasteiger partial charge in [-0.2, -0.15) is 0 Å². The van der Waals surface area contributed by atoms with Crippen LogP contribution in [0.5, 0.6) is 0 Å². The minimum absolute atomic E-state index is 0.264. The predicted octanol–water partition coefficient (Wildman–Crippen LogP) is 27.4. The summed E-state index contributed by atoms with van der Waals surface area (Å²) in [6.45, 7) is 119. The maximum atomic E-state index is 5.32. The Balaban J connectivity index is 0.000000435. The van der Waals surface area contributed by atoms with Crippen molar-refractivity contribution in [2.75, 3.05) is 39.9 Å². The van der Waals surface area contributed by atoms with E-state index in [1.807, 2.05) is 7.11 Å². The minimum atomic E-state index is 0.264. The molecule has 9 rings (SSSR count). The molecular weight excluding hydrogens is 1370 g/mol. The van der Waals surface area contributed by atoms with Gasteiger partial charge in [0.2, 0.25) is 0 Å². The van der Waals surface area contributed by atoms with Crippen LogP contribution < -0.4 is 0 Å². The highest BCUT2D eigenvalue weighted by Gasteiger charge is 2.50. The Labute approximate surface area is 707 Å². The first kappa shape index (κ1) is 108. The molecule has 0 aromatic heterocycles. The van der Waals surface area contributed by atoms with Gasteiger partial charge in [0.15, 0.2) is 0 Å². The molecule has 17 atom stereocenters. The van der Waals surface area contributed by atoms with Crippen molar-refractivity contribution in [2.24, 2.45) is 74.4 Å². The number of rotatable bonds is 10. The van der Waals surface area contributed by atoms with Gasteiger partial charge >= 0.3 is 0 Å². The smallest absolute Gasteiger partial charge is 0.0503 e. The third-order valence-corrected chi connectivity index (χ3v) is 28.8. The molecule has 8 heterocycles. The molecule has 0 aromatic carbocycles. The van der Waals surface area contributed by atoms with Crippen LogP contribution in [0.15, 0.2) is 0 Å². The van der Waals surface area contributed by atoms with Crippen LogP contribution in [0, 0.1) is 74.4 Å². The van der Waals surface area contributed by atoms with Crippen molar-refractivity contribution in [2.45, 2.75) is 553 Å². The highest BCUT2D eigenvalue weighted by molar-refractivity contribution is 5.04. The molecule has 670 valence electrons. The van der Waals surface area contributed by atoms with E-state index in [1.54, 1.807) is 0 Å². The molecule has 9 heteroatoms. The Hall–Kier alpha value is -0.360. The molecule has 0 N–H and O–H groups in total. The molecular formula is C103H212N8O. The SMILES string of the molecule is CC(C)[C@@H]1CC2CCCC2N1C(C)C.CC(C)[C@@H]1CCCN1C(C)C.CC1CC[C@@H](C(C)(C)C)N1C(C)(C)C.CC1C[C@@H](C(C)(C)C)N(C(C)(C)C)C1.CC1C[C@@H](C(C)C)N(C(C)C)C1C.CCC1CC[C@@H](C(C)(C)C)N1C(C)(C)C.CCC1C[C@@H](C(C)(C)C)N(C(C)(C)C)C1.COCC1C[C@@H](C(C)(C)C)N(C(C)(C)C)C1. The lowest BCUT2D eigenvalue weighted by atomic mass is 9.82. The van der Waals surface area contributed by atoms with Crippen LogP contribution in [0.1, 0.15) is 435 Å². The van der Waals surface area contributed by atoms with Crippen LogP contribution in [0.4, 0.5) is 0 Å². The van der Waals surface area contributed by atoms with Crippen LogP contribution in [-0.2, 0) is 4.74 Å². The highest BCUT2D eigenvalue weighted by Crippen LogP contribution is 2.48. The summed E-state index contributed by atoms with van der Waals surface area (Å²) in [5.74, 6) is 6.85. The second-order valence-corrected chi connectivity index (χ2v) is 50.9. The van der Waals surface area contributed by atoms with E-state index < -0.39 is 0 Å². The average Bonchev–Trinajstić information content (AvgIpc) is 1.62. The molecule has 112 heavy (non-hydrogen) atoms. The summed E-state index contributed by atoms with van der Waals surface area (Å²) in [6.07, 6.45) is 22.2. The van der Waals surface area contributed by atoms with E-state index >= 15 is 0 Å². The molecule has 9 nitrogen and oxygen atoms in total. The van der Waals surface area contributed by atoms with Crippen molar-refractivity contribution >= 4 is 0 Å². The van der Waals surface area contributed by atoms with Gasteiger partial charge in [0.1, 0.15) is 0 Å². The van der Waals surface area contributed by atoms with E-state index in [-0.39, 0.29) is 5.54 Å². The number of fused-ring (bicyclic) bond motifs is 1. The van der Waals surface area contributed by atoms with E-state index in [0.717, 1.165) is 127 Å². The molecule has 1 aliphatic carbocycles. The average molecular weight is 1580 g/mol. The summed E-state index contributed by atoms with van der Waals surface area (Å²) in [5, 5.41) is 0. The largest absolute Gasteiger partial charge is 0.384 e. The maximum absolute atomic E-state index is 5.32. The zero-order valence-corrected chi connectivity index (χ0v) is 86.1. The lowest BCUT2D eigenvalue weighted by molar-refractivity contribution is 0.0243. The second kappa shape index (κ2) is 43.6. The fourth-order valence-corrected chi connectivity index (χ4v) is 23.0. The number of nitrogens with zero attached hydrogens (tertiary/aromatic N) is 8. The van der Waals surface area contributed by atoms with Gasteiger partial charge < -0.3 is 4.74 Å². The van der Waals surface area contributed by atoms with E-state index in [4.69, 9.17) is 4.74 Å². The number of likely N-dealkylation sites (tertiary alicyclic amines) is 8. The first-order valence-corrected chi connectivity index (χ1v) is 48.1.